The number of piperazine rings is 1. The normalized spacial score (nSPS) is 24.1. The van der Waals surface area contributed by atoms with Gasteiger partial charge in [-0.3, -0.25) is 4.90 Å². The van der Waals surface area contributed by atoms with Crippen LogP contribution in [0.1, 0.15) is 25.8 Å². The van der Waals surface area contributed by atoms with Crippen LogP contribution in [-0.4, -0.2) is 79.3 Å². The predicted molar refractivity (Wildman–Crippen MR) is 123 cm³/mol. The number of nitrogens with zero attached hydrogens (tertiary/aromatic N) is 3. The molecule has 2 saturated heterocycles. The first-order valence-electron chi connectivity index (χ1n) is 10.7. The molecule has 0 amide bonds. The van der Waals surface area contributed by atoms with Gasteiger partial charge in [-0.15, -0.1) is 11.3 Å². The Labute approximate surface area is 188 Å². The maximum absolute atomic E-state index is 13.1. The van der Waals surface area contributed by atoms with Gasteiger partial charge in [0, 0.05) is 45.0 Å². The molecule has 1 aromatic heterocycles. The standard InChI is InChI=1S/C22H31N3O4S2/c1-22(2,27)17-5-7-18(8-6-17)25-12-11-24(31(28,29)21-4-3-13-30-21)15-19(25)14-23-10-9-20(26)16-23/h3-8,13,19-20,26-27H,9-12,14-16H2,1-2H3/t19-,20-/m1/s1. The Morgan fingerprint density at radius 2 is 1.84 bits per heavy atom. The first kappa shape index (κ1) is 22.7. The molecule has 3 heterocycles. The van der Waals surface area contributed by atoms with E-state index in [2.05, 4.69) is 9.80 Å². The van der Waals surface area contributed by atoms with Crippen molar-refractivity contribution < 1.29 is 18.6 Å². The Morgan fingerprint density at radius 1 is 1.10 bits per heavy atom. The lowest BCUT2D eigenvalue weighted by atomic mass is 9.98. The molecule has 0 spiro atoms. The number of hydrogen-bond donors (Lipinski definition) is 2. The largest absolute Gasteiger partial charge is 0.392 e. The van der Waals surface area contributed by atoms with Gasteiger partial charge in [-0.1, -0.05) is 18.2 Å². The summed E-state index contributed by atoms with van der Waals surface area (Å²) in [4.78, 5) is 4.48. The van der Waals surface area contributed by atoms with E-state index in [0.717, 1.165) is 24.2 Å². The monoisotopic (exact) mass is 465 g/mol. The van der Waals surface area contributed by atoms with Gasteiger partial charge in [-0.05, 0) is 49.4 Å². The first-order chi connectivity index (χ1) is 14.6. The van der Waals surface area contributed by atoms with Crippen molar-refractivity contribution in [1.29, 1.82) is 0 Å². The lowest BCUT2D eigenvalue weighted by Gasteiger charge is -2.43. The molecule has 0 aliphatic carbocycles. The third kappa shape index (κ3) is 4.97. The Hall–Kier alpha value is -1.49. The van der Waals surface area contributed by atoms with Crippen molar-refractivity contribution in [3.63, 3.8) is 0 Å². The van der Waals surface area contributed by atoms with Gasteiger partial charge in [0.2, 0.25) is 0 Å². The molecule has 1 aromatic carbocycles. The third-order valence-corrected chi connectivity index (χ3v) is 9.39. The van der Waals surface area contributed by atoms with Gasteiger partial charge in [-0.2, -0.15) is 4.31 Å². The van der Waals surface area contributed by atoms with Gasteiger partial charge in [-0.25, -0.2) is 8.42 Å². The molecule has 0 radical (unpaired) electrons. The molecule has 2 aromatic rings. The van der Waals surface area contributed by atoms with E-state index in [1.807, 2.05) is 24.3 Å². The second kappa shape index (κ2) is 8.80. The van der Waals surface area contributed by atoms with Crippen LogP contribution in [0.5, 0.6) is 0 Å². The Kier molecular flexibility index (Phi) is 6.44. The molecule has 2 fully saturated rings. The second-order valence-corrected chi connectivity index (χ2v) is 12.1. The number of anilines is 1. The van der Waals surface area contributed by atoms with Gasteiger partial charge >= 0.3 is 0 Å². The summed E-state index contributed by atoms with van der Waals surface area (Å²) in [6.07, 6.45) is 0.443. The zero-order valence-electron chi connectivity index (χ0n) is 18.0. The van der Waals surface area contributed by atoms with E-state index < -0.39 is 15.6 Å². The molecule has 170 valence electrons. The Bertz CT molecular complexity index is 971. The third-order valence-electron chi connectivity index (χ3n) is 6.16. The van der Waals surface area contributed by atoms with Crippen LogP contribution in [0.2, 0.25) is 0 Å². The quantitative estimate of drug-likeness (QED) is 0.678. The molecule has 9 heteroatoms. The predicted octanol–water partition coefficient (Wildman–Crippen LogP) is 1.92. The molecule has 31 heavy (non-hydrogen) atoms. The molecule has 2 N–H and O–H groups in total. The van der Waals surface area contributed by atoms with Crippen molar-refractivity contribution in [2.24, 2.45) is 0 Å². The van der Waals surface area contributed by atoms with Gasteiger partial charge in [0.25, 0.3) is 10.0 Å². The molecule has 2 aliphatic heterocycles. The Balaban J connectivity index is 1.57. The smallest absolute Gasteiger partial charge is 0.252 e. The molecule has 7 nitrogen and oxygen atoms in total. The SMILES string of the molecule is CC(C)(O)c1ccc(N2CCN(S(=O)(=O)c3cccs3)C[C@H]2CN2CC[C@@H](O)C2)cc1. The summed E-state index contributed by atoms with van der Waals surface area (Å²) >= 11 is 1.25. The number of β-amino-alcohol motifs (C(OH)–C–C–N with tert-alkyl or cyclic N) is 1. The minimum absolute atomic E-state index is 0.0261. The summed E-state index contributed by atoms with van der Waals surface area (Å²) in [6.45, 7) is 7.08. The van der Waals surface area contributed by atoms with Crippen LogP contribution in [0, 0.1) is 0 Å². The van der Waals surface area contributed by atoms with Crippen molar-refractivity contribution in [3.8, 4) is 0 Å². The van der Waals surface area contributed by atoms with E-state index >= 15 is 0 Å². The number of likely N-dealkylation sites (tertiary alicyclic amines) is 1. The fourth-order valence-electron chi connectivity index (χ4n) is 4.42. The van der Waals surface area contributed by atoms with Crippen molar-refractivity contribution in [2.75, 3.05) is 44.2 Å². The molecule has 0 bridgehead atoms. The van der Waals surface area contributed by atoms with Crippen LogP contribution in [0.3, 0.4) is 0 Å². The fourth-order valence-corrected chi connectivity index (χ4v) is 7.03. The van der Waals surface area contributed by atoms with Crippen LogP contribution < -0.4 is 4.90 Å². The highest BCUT2D eigenvalue weighted by atomic mass is 32.2. The van der Waals surface area contributed by atoms with Crippen LogP contribution >= 0.6 is 11.3 Å². The lowest BCUT2D eigenvalue weighted by molar-refractivity contribution is 0.0786. The average molecular weight is 466 g/mol. The molecule has 0 unspecified atom stereocenters. The van der Waals surface area contributed by atoms with Gasteiger partial charge in [0.05, 0.1) is 17.7 Å². The van der Waals surface area contributed by atoms with E-state index in [9.17, 15) is 18.6 Å². The van der Waals surface area contributed by atoms with E-state index in [-0.39, 0.29) is 12.1 Å². The highest BCUT2D eigenvalue weighted by molar-refractivity contribution is 7.91. The number of benzene rings is 1. The second-order valence-electron chi connectivity index (χ2n) is 8.95. The van der Waals surface area contributed by atoms with E-state index in [1.54, 1.807) is 35.7 Å². The summed E-state index contributed by atoms with van der Waals surface area (Å²) in [5.74, 6) is 0. The van der Waals surface area contributed by atoms with Gasteiger partial charge in [0.1, 0.15) is 4.21 Å². The van der Waals surface area contributed by atoms with Crippen LogP contribution in [0.15, 0.2) is 46.0 Å². The molecular formula is C22H31N3O4S2. The minimum Gasteiger partial charge on any atom is -0.392 e. The maximum atomic E-state index is 13.1. The van der Waals surface area contributed by atoms with Crippen molar-refractivity contribution in [3.05, 3.63) is 47.3 Å². The zero-order valence-corrected chi connectivity index (χ0v) is 19.6. The average Bonchev–Trinajstić information content (AvgIpc) is 3.40. The van der Waals surface area contributed by atoms with Crippen LogP contribution in [-0.2, 0) is 15.6 Å². The molecular weight excluding hydrogens is 434 g/mol. The number of rotatable bonds is 6. The first-order valence-corrected chi connectivity index (χ1v) is 13.0. The zero-order chi connectivity index (χ0) is 22.2. The number of hydrogen-bond acceptors (Lipinski definition) is 7. The van der Waals surface area contributed by atoms with Gasteiger partial charge in [0.15, 0.2) is 0 Å². The highest BCUT2D eigenvalue weighted by Gasteiger charge is 2.36. The molecule has 0 saturated carbocycles. The summed E-state index contributed by atoms with van der Waals surface area (Å²) in [7, 11) is -3.50. The van der Waals surface area contributed by atoms with Crippen molar-refractivity contribution >= 4 is 27.0 Å². The van der Waals surface area contributed by atoms with Crippen molar-refractivity contribution in [1.82, 2.24) is 9.21 Å². The summed E-state index contributed by atoms with van der Waals surface area (Å²) in [5, 5.41) is 22.0. The fraction of sp³-hybridized carbons (Fsp3) is 0.545. The van der Waals surface area contributed by atoms with Crippen molar-refractivity contribution in [2.45, 2.75) is 42.2 Å². The van der Waals surface area contributed by atoms with E-state index in [0.29, 0.717) is 36.9 Å². The number of thiophene rings is 1. The molecule has 4 rings (SSSR count). The summed E-state index contributed by atoms with van der Waals surface area (Å²) in [5.41, 5.74) is 0.956. The van der Waals surface area contributed by atoms with E-state index in [1.165, 1.54) is 11.3 Å². The lowest BCUT2D eigenvalue weighted by Crippen LogP contribution is -2.58. The number of sulfonamides is 1. The summed E-state index contributed by atoms with van der Waals surface area (Å²) < 4.78 is 28.2. The molecule has 2 atom stereocenters. The van der Waals surface area contributed by atoms with Gasteiger partial charge < -0.3 is 15.1 Å². The summed E-state index contributed by atoms with van der Waals surface area (Å²) in [6, 6.07) is 11.3. The van der Waals surface area contributed by atoms with Crippen LogP contribution in [0.25, 0.3) is 0 Å². The minimum atomic E-state index is -3.50. The number of aliphatic hydroxyl groups excluding tert-OH is 1. The van der Waals surface area contributed by atoms with Crippen LogP contribution in [0.4, 0.5) is 5.69 Å². The van der Waals surface area contributed by atoms with E-state index in [4.69, 9.17) is 0 Å². The molecule has 2 aliphatic rings. The highest BCUT2D eigenvalue weighted by Crippen LogP contribution is 2.29. The number of aliphatic hydroxyl groups is 2. The topological polar surface area (TPSA) is 84.3 Å². The Morgan fingerprint density at radius 3 is 2.42 bits per heavy atom. The maximum Gasteiger partial charge on any atom is 0.252 e.